The van der Waals surface area contributed by atoms with Crippen molar-refractivity contribution < 1.29 is 9.59 Å². The number of hydrogen-bond donors (Lipinski definition) is 1. The Morgan fingerprint density at radius 2 is 2.05 bits per heavy atom. The molecule has 0 bridgehead atoms. The molecular formula is C18H24N2O2. The second-order valence-electron chi connectivity index (χ2n) is 6.40. The number of ketones is 1. The first-order valence-corrected chi connectivity index (χ1v) is 8.30. The lowest BCUT2D eigenvalue weighted by Crippen LogP contribution is -2.52. The number of carbonyl (C=O) groups excluding carboxylic acids is 2. The van der Waals surface area contributed by atoms with Crippen molar-refractivity contribution in [3.8, 4) is 0 Å². The standard InChI is InChI=1S/C18H24N2O2/c1-13-12-19-9-10-20(13)18(22)8-7-17(21)16-6-5-14-3-2-4-15(14)11-16/h5-6,11,13,19H,2-4,7-10,12H2,1H3. The van der Waals surface area contributed by atoms with Gasteiger partial charge in [0.15, 0.2) is 5.78 Å². The quantitative estimate of drug-likeness (QED) is 0.865. The Morgan fingerprint density at radius 3 is 2.86 bits per heavy atom. The highest BCUT2D eigenvalue weighted by Crippen LogP contribution is 2.23. The van der Waals surface area contributed by atoms with E-state index in [2.05, 4.69) is 11.4 Å². The minimum atomic E-state index is 0.0887. The van der Waals surface area contributed by atoms with Crippen LogP contribution in [0.5, 0.6) is 0 Å². The van der Waals surface area contributed by atoms with Crippen LogP contribution in [0.25, 0.3) is 0 Å². The van der Waals surface area contributed by atoms with Crippen LogP contribution in [0.2, 0.25) is 0 Å². The van der Waals surface area contributed by atoms with Gasteiger partial charge in [0.05, 0.1) is 0 Å². The molecule has 0 saturated carbocycles. The Labute approximate surface area is 131 Å². The summed E-state index contributed by atoms with van der Waals surface area (Å²) in [4.78, 5) is 26.5. The van der Waals surface area contributed by atoms with Crippen LogP contribution < -0.4 is 5.32 Å². The molecule has 118 valence electrons. The molecule has 1 saturated heterocycles. The first-order valence-electron chi connectivity index (χ1n) is 8.30. The zero-order valence-electron chi connectivity index (χ0n) is 13.2. The molecule has 1 aliphatic heterocycles. The van der Waals surface area contributed by atoms with Crippen molar-refractivity contribution in [2.75, 3.05) is 19.6 Å². The van der Waals surface area contributed by atoms with Gasteiger partial charge < -0.3 is 10.2 Å². The molecule has 4 nitrogen and oxygen atoms in total. The lowest BCUT2D eigenvalue weighted by molar-refractivity contribution is -0.133. The summed E-state index contributed by atoms with van der Waals surface area (Å²) in [7, 11) is 0. The number of rotatable bonds is 4. The van der Waals surface area contributed by atoms with Gasteiger partial charge in [-0.1, -0.05) is 12.1 Å². The summed E-state index contributed by atoms with van der Waals surface area (Å²) in [5.74, 6) is 0.189. The topological polar surface area (TPSA) is 49.4 Å². The maximum Gasteiger partial charge on any atom is 0.223 e. The molecule has 0 spiro atoms. The van der Waals surface area contributed by atoms with Crippen LogP contribution in [0.3, 0.4) is 0 Å². The average molecular weight is 300 g/mol. The Hall–Kier alpha value is -1.68. The predicted octanol–water partition coefficient (Wildman–Crippen LogP) is 1.96. The number of benzene rings is 1. The maximum absolute atomic E-state index is 12.3. The molecule has 1 fully saturated rings. The fraction of sp³-hybridized carbons (Fsp3) is 0.556. The van der Waals surface area contributed by atoms with E-state index in [0.717, 1.165) is 38.0 Å². The highest BCUT2D eigenvalue weighted by molar-refractivity contribution is 5.98. The third-order valence-corrected chi connectivity index (χ3v) is 4.81. The van der Waals surface area contributed by atoms with Gasteiger partial charge in [-0.3, -0.25) is 9.59 Å². The van der Waals surface area contributed by atoms with E-state index >= 15 is 0 Å². The van der Waals surface area contributed by atoms with Gasteiger partial charge in [0.2, 0.25) is 5.91 Å². The third kappa shape index (κ3) is 3.22. The van der Waals surface area contributed by atoms with Crippen LogP contribution in [0.1, 0.15) is 47.7 Å². The molecule has 22 heavy (non-hydrogen) atoms. The van der Waals surface area contributed by atoms with E-state index in [1.54, 1.807) is 0 Å². The van der Waals surface area contributed by atoms with Crippen LogP contribution >= 0.6 is 0 Å². The predicted molar refractivity (Wildman–Crippen MR) is 86.1 cm³/mol. The number of piperazine rings is 1. The zero-order valence-corrected chi connectivity index (χ0v) is 13.2. The molecule has 1 aromatic rings. The summed E-state index contributed by atoms with van der Waals surface area (Å²) in [6.07, 6.45) is 4.03. The molecule has 1 aliphatic carbocycles. The van der Waals surface area contributed by atoms with Crippen molar-refractivity contribution in [2.24, 2.45) is 0 Å². The zero-order chi connectivity index (χ0) is 15.5. The number of nitrogens with one attached hydrogen (secondary N) is 1. The number of aryl methyl sites for hydroxylation is 2. The van der Waals surface area contributed by atoms with E-state index in [0.29, 0.717) is 12.8 Å². The summed E-state index contributed by atoms with van der Waals surface area (Å²) in [5, 5.41) is 3.27. The minimum Gasteiger partial charge on any atom is -0.337 e. The largest absolute Gasteiger partial charge is 0.337 e. The monoisotopic (exact) mass is 300 g/mol. The highest BCUT2D eigenvalue weighted by Gasteiger charge is 2.23. The smallest absolute Gasteiger partial charge is 0.223 e. The second-order valence-corrected chi connectivity index (χ2v) is 6.40. The van der Waals surface area contributed by atoms with Crippen LogP contribution in [-0.2, 0) is 17.6 Å². The van der Waals surface area contributed by atoms with Crippen LogP contribution in [-0.4, -0.2) is 42.3 Å². The van der Waals surface area contributed by atoms with Crippen LogP contribution in [0, 0.1) is 0 Å². The van der Waals surface area contributed by atoms with E-state index in [9.17, 15) is 9.59 Å². The van der Waals surface area contributed by atoms with Crippen molar-refractivity contribution in [2.45, 2.75) is 45.1 Å². The molecule has 1 aromatic carbocycles. The van der Waals surface area contributed by atoms with Gasteiger partial charge in [-0.05, 0) is 43.4 Å². The average Bonchev–Trinajstić information content (AvgIpc) is 3.00. The number of carbonyl (C=O) groups is 2. The first-order chi connectivity index (χ1) is 10.6. The fourth-order valence-electron chi connectivity index (χ4n) is 3.47. The molecule has 2 aliphatic rings. The van der Waals surface area contributed by atoms with Gasteiger partial charge in [0.1, 0.15) is 0 Å². The minimum absolute atomic E-state index is 0.0887. The lowest BCUT2D eigenvalue weighted by Gasteiger charge is -2.34. The third-order valence-electron chi connectivity index (χ3n) is 4.81. The molecule has 0 aromatic heterocycles. The lowest BCUT2D eigenvalue weighted by atomic mass is 10.0. The molecule has 3 rings (SSSR count). The summed E-state index contributed by atoms with van der Waals surface area (Å²) in [6, 6.07) is 6.25. The molecule has 1 amide bonds. The van der Waals surface area contributed by atoms with Crippen LogP contribution in [0.15, 0.2) is 18.2 Å². The van der Waals surface area contributed by atoms with Crippen molar-refractivity contribution in [1.82, 2.24) is 10.2 Å². The van der Waals surface area contributed by atoms with Crippen molar-refractivity contribution >= 4 is 11.7 Å². The molecule has 1 N–H and O–H groups in total. The van der Waals surface area contributed by atoms with E-state index in [4.69, 9.17) is 0 Å². The normalized spacial score (nSPS) is 20.8. The van der Waals surface area contributed by atoms with E-state index in [1.165, 1.54) is 17.5 Å². The summed E-state index contributed by atoms with van der Waals surface area (Å²) in [6.45, 7) is 4.47. The van der Waals surface area contributed by atoms with Gasteiger partial charge in [-0.2, -0.15) is 0 Å². The maximum atomic E-state index is 12.3. The van der Waals surface area contributed by atoms with E-state index in [1.807, 2.05) is 24.0 Å². The Bertz CT molecular complexity index is 582. The summed E-state index contributed by atoms with van der Waals surface area (Å²) >= 11 is 0. The summed E-state index contributed by atoms with van der Waals surface area (Å²) < 4.78 is 0. The Morgan fingerprint density at radius 1 is 1.23 bits per heavy atom. The fourth-order valence-corrected chi connectivity index (χ4v) is 3.47. The van der Waals surface area contributed by atoms with Crippen molar-refractivity contribution in [3.05, 3.63) is 34.9 Å². The van der Waals surface area contributed by atoms with Crippen molar-refractivity contribution in [3.63, 3.8) is 0 Å². The van der Waals surface area contributed by atoms with Gasteiger partial charge in [0.25, 0.3) is 0 Å². The van der Waals surface area contributed by atoms with Crippen molar-refractivity contribution in [1.29, 1.82) is 0 Å². The molecule has 1 atom stereocenters. The molecule has 0 radical (unpaired) electrons. The number of Topliss-reactive ketones (excluding diaryl/α,β-unsaturated/α-hetero) is 1. The first kappa shape index (κ1) is 15.2. The van der Waals surface area contributed by atoms with E-state index in [-0.39, 0.29) is 17.7 Å². The molecule has 1 heterocycles. The second kappa shape index (κ2) is 6.61. The highest BCUT2D eigenvalue weighted by atomic mass is 16.2. The summed E-state index contributed by atoms with van der Waals surface area (Å²) in [5.41, 5.74) is 3.46. The molecular weight excluding hydrogens is 276 g/mol. The van der Waals surface area contributed by atoms with Gasteiger partial charge >= 0.3 is 0 Å². The number of amides is 1. The Kier molecular flexibility index (Phi) is 4.57. The molecule has 4 heteroatoms. The van der Waals surface area contributed by atoms with Gasteiger partial charge in [-0.25, -0.2) is 0 Å². The van der Waals surface area contributed by atoms with Gasteiger partial charge in [-0.15, -0.1) is 0 Å². The Balaban J connectivity index is 1.57. The van der Waals surface area contributed by atoms with Crippen LogP contribution in [0.4, 0.5) is 0 Å². The van der Waals surface area contributed by atoms with Gasteiger partial charge in [0, 0.05) is 44.1 Å². The molecule has 1 unspecified atom stereocenters. The SMILES string of the molecule is CC1CNCCN1C(=O)CCC(=O)c1ccc2c(c1)CCC2. The van der Waals surface area contributed by atoms with E-state index < -0.39 is 0 Å². The number of nitrogens with zero attached hydrogens (tertiary/aromatic N) is 1. The number of fused-ring (bicyclic) bond motifs is 1. The number of hydrogen-bond acceptors (Lipinski definition) is 3.